The van der Waals surface area contributed by atoms with Crippen molar-refractivity contribution in [3.8, 4) is 29.0 Å². The highest BCUT2D eigenvalue weighted by Gasteiger charge is 2.28. The number of rotatable bonds is 8. The number of pyridine rings is 1. The van der Waals surface area contributed by atoms with Crippen molar-refractivity contribution in [1.29, 1.82) is 5.26 Å². The van der Waals surface area contributed by atoms with E-state index in [0.29, 0.717) is 42.9 Å². The van der Waals surface area contributed by atoms with Crippen molar-refractivity contribution in [3.63, 3.8) is 0 Å². The van der Waals surface area contributed by atoms with Crippen LogP contribution in [0.3, 0.4) is 0 Å². The maximum Gasteiger partial charge on any atom is 0.410 e. The fourth-order valence-electron chi connectivity index (χ4n) is 5.15. The van der Waals surface area contributed by atoms with Crippen LogP contribution in [0, 0.1) is 24.2 Å². The summed E-state index contributed by atoms with van der Waals surface area (Å²) in [6, 6.07) is 18.0. The predicted molar refractivity (Wildman–Crippen MR) is 172 cm³/mol. The van der Waals surface area contributed by atoms with Crippen molar-refractivity contribution in [2.45, 2.75) is 59.1 Å². The summed E-state index contributed by atoms with van der Waals surface area (Å²) in [5.41, 5.74) is 2.75. The van der Waals surface area contributed by atoms with E-state index in [1.54, 1.807) is 17.3 Å². The highest BCUT2D eigenvalue weighted by Crippen LogP contribution is 2.38. The fraction of sp³-hybridized carbons (Fsp3) is 0.382. The summed E-state index contributed by atoms with van der Waals surface area (Å²) >= 11 is 0. The summed E-state index contributed by atoms with van der Waals surface area (Å²) in [6.07, 6.45) is 4.85. The van der Waals surface area contributed by atoms with Crippen molar-refractivity contribution < 1.29 is 14.3 Å². The van der Waals surface area contributed by atoms with E-state index >= 15 is 0 Å². The number of nitriles is 1. The molecule has 3 heterocycles. The molecular formula is C34H39N7O3. The van der Waals surface area contributed by atoms with Crippen LogP contribution in [-0.2, 0) is 4.74 Å². The quantitative estimate of drug-likeness (QED) is 0.219. The first-order valence-electron chi connectivity index (χ1n) is 15.0. The zero-order chi connectivity index (χ0) is 31.3. The average molecular weight is 594 g/mol. The van der Waals surface area contributed by atoms with Crippen molar-refractivity contribution in [3.05, 3.63) is 66.5 Å². The molecule has 1 amide bonds. The van der Waals surface area contributed by atoms with Crippen LogP contribution in [0.2, 0.25) is 0 Å². The van der Waals surface area contributed by atoms with Gasteiger partial charge in [0, 0.05) is 54.5 Å². The molecule has 228 valence electrons. The van der Waals surface area contributed by atoms with Gasteiger partial charge in [0.2, 0.25) is 11.8 Å². The first kappa shape index (κ1) is 30.5. The Kier molecular flexibility index (Phi) is 9.14. The third-order valence-electron chi connectivity index (χ3n) is 7.34. The van der Waals surface area contributed by atoms with E-state index in [9.17, 15) is 10.1 Å². The number of aromatic nitrogens is 3. The summed E-state index contributed by atoms with van der Waals surface area (Å²) in [5.74, 6) is 1.49. The molecule has 44 heavy (non-hydrogen) atoms. The summed E-state index contributed by atoms with van der Waals surface area (Å²) in [6.45, 7) is 11.2. The molecule has 10 nitrogen and oxygen atoms in total. The standard InChI is InChI=1S/C34H39N7O3/c1-22(19-35)20-38-28-12-6-10-26-25(28)14-13-23(2)30(26)43-31-27(11-7-16-36-31)29-15-17-37-32(40-29)39-24-9-8-18-41(21-24)33(42)44-34(3,4)5/h6-7,10-17,22,24,38H,8-9,18,20-21H2,1-5H3,(H,37,39,40). The molecule has 10 heteroatoms. The highest BCUT2D eigenvalue weighted by atomic mass is 16.6. The number of anilines is 2. The topological polar surface area (TPSA) is 125 Å². The Labute approximate surface area is 258 Å². The van der Waals surface area contributed by atoms with E-state index in [-0.39, 0.29) is 18.1 Å². The average Bonchev–Trinajstić information content (AvgIpc) is 3.01. The van der Waals surface area contributed by atoms with E-state index in [4.69, 9.17) is 14.5 Å². The van der Waals surface area contributed by atoms with Crippen LogP contribution < -0.4 is 15.4 Å². The third-order valence-corrected chi connectivity index (χ3v) is 7.34. The second-order valence-electron chi connectivity index (χ2n) is 12.2. The molecule has 2 unspecified atom stereocenters. The number of fused-ring (bicyclic) bond motifs is 1. The van der Waals surface area contributed by atoms with Gasteiger partial charge in [0.05, 0.1) is 23.2 Å². The number of ether oxygens (including phenoxy) is 2. The minimum Gasteiger partial charge on any atom is -0.444 e. The molecule has 1 fully saturated rings. The number of nitrogens with zero attached hydrogens (tertiary/aromatic N) is 5. The monoisotopic (exact) mass is 593 g/mol. The van der Waals surface area contributed by atoms with Crippen molar-refractivity contribution in [1.82, 2.24) is 19.9 Å². The van der Waals surface area contributed by atoms with Gasteiger partial charge in [0.15, 0.2) is 0 Å². The molecule has 2 aromatic heterocycles. The largest absolute Gasteiger partial charge is 0.444 e. The number of carbonyl (C=O) groups is 1. The maximum atomic E-state index is 12.6. The summed E-state index contributed by atoms with van der Waals surface area (Å²) in [5, 5.41) is 18.0. The van der Waals surface area contributed by atoms with Crippen LogP contribution in [0.15, 0.2) is 60.9 Å². The fourth-order valence-corrected chi connectivity index (χ4v) is 5.15. The number of aryl methyl sites for hydroxylation is 1. The molecule has 1 saturated heterocycles. The minimum absolute atomic E-state index is 0.00609. The Morgan fingerprint density at radius 3 is 2.75 bits per heavy atom. The van der Waals surface area contributed by atoms with E-state index in [0.717, 1.165) is 40.4 Å². The van der Waals surface area contributed by atoms with Gasteiger partial charge in [-0.1, -0.05) is 24.3 Å². The maximum absolute atomic E-state index is 12.6. The van der Waals surface area contributed by atoms with Gasteiger partial charge in [-0.05, 0) is 77.3 Å². The number of likely N-dealkylation sites (tertiary alicyclic amines) is 1. The Balaban J connectivity index is 1.38. The molecule has 2 aromatic carbocycles. The van der Waals surface area contributed by atoms with E-state index < -0.39 is 5.60 Å². The van der Waals surface area contributed by atoms with Gasteiger partial charge in [-0.15, -0.1) is 0 Å². The lowest BCUT2D eigenvalue weighted by Crippen LogP contribution is -2.47. The molecule has 2 N–H and O–H groups in total. The van der Waals surface area contributed by atoms with E-state index in [1.165, 1.54) is 0 Å². The second kappa shape index (κ2) is 13.2. The molecule has 2 atom stereocenters. The number of piperidine rings is 1. The molecule has 1 aliphatic rings. The molecule has 5 rings (SSSR count). The number of amides is 1. The zero-order valence-corrected chi connectivity index (χ0v) is 25.9. The number of carbonyl (C=O) groups excluding carboxylic acids is 1. The Morgan fingerprint density at radius 1 is 1.11 bits per heavy atom. The minimum atomic E-state index is -0.543. The molecule has 0 radical (unpaired) electrons. The van der Waals surface area contributed by atoms with Gasteiger partial charge < -0.3 is 25.0 Å². The first-order chi connectivity index (χ1) is 21.1. The van der Waals surface area contributed by atoms with Crippen molar-refractivity contribution >= 4 is 28.5 Å². The number of benzene rings is 2. The lowest BCUT2D eigenvalue weighted by atomic mass is 10.0. The van der Waals surface area contributed by atoms with Gasteiger partial charge >= 0.3 is 6.09 Å². The number of nitrogens with one attached hydrogen (secondary N) is 2. The lowest BCUT2D eigenvalue weighted by Gasteiger charge is -2.34. The molecule has 0 bridgehead atoms. The van der Waals surface area contributed by atoms with Gasteiger partial charge in [-0.3, -0.25) is 0 Å². The molecular weight excluding hydrogens is 554 g/mol. The van der Waals surface area contributed by atoms with Crippen LogP contribution >= 0.6 is 0 Å². The van der Waals surface area contributed by atoms with E-state index in [1.807, 2.05) is 77.1 Å². The number of hydrogen-bond acceptors (Lipinski definition) is 9. The van der Waals surface area contributed by atoms with Gasteiger partial charge in [-0.2, -0.15) is 5.26 Å². The van der Waals surface area contributed by atoms with Crippen LogP contribution in [0.25, 0.3) is 22.0 Å². The first-order valence-corrected chi connectivity index (χ1v) is 15.0. The van der Waals surface area contributed by atoms with Crippen LogP contribution in [0.5, 0.6) is 11.6 Å². The predicted octanol–water partition coefficient (Wildman–Crippen LogP) is 7.18. The second-order valence-corrected chi connectivity index (χ2v) is 12.2. The zero-order valence-electron chi connectivity index (χ0n) is 25.9. The molecule has 0 aliphatic carbocycles. The molecule has 0 saturated carbocycles. The smallest absolute Gasteiger partial charge is 0.410 e. The summed E-state index contributed by atoms with van der Waals surface area (Å²) in [7, 11) is 0. The van der Waals surface area contributed by atoms with Crippen LogP contribution in [-0.4, -0.2) is 57.2 Å². The normalized spacial score (nSPS) is 15.7. The highest BCUT2D eigenvalue weighted by molar-refractivity contribution is 5.98. The van der Waals surface area contributed by atoms with E-state index in [2.05, 4.69) is 32.7 Å². The Morgan fingerprint density at radius 2 is 1.95 bits per heavy atom. The summed E-state index contributed by atoms with van der Waals surface area (Å²) < 4.78 is 12.1. The van der Waals surface area contributed by atoms with Crippen molar-refractivity contribution in [2.24, 2.45) is 5.92 Å². The molecule has 0 spiro atoms. The van der Waals surface area contributed by atoms with Crippen molar-refractivity contribution in [2.75, 3.05) is 30.3 Å². The number of hydrogen-bond donors (Lipinski definition) is 2. The Hall–Kier alpha value is -4.91. The molecule has 4 aromatic rings. The Bertz CT molecular complexity index is 1680. The van der Waals surface area contributed by atoms with Gasteiger partial charge in [0.25, 0.3) is 0 Å². The van der Waals surface area contributed by atoms with Crippen LogP contribution in [0.4, 0.5) is 16.4 Å². The van der Waals surface area contributed by atoms with Crippen LogP contribution in [0.1, 0.15) is 46.1 Å². The third kappa shape index (κ3) is 7.35. The van der Waals surface area contributed by atoms with Gasteiger partial charge in [0.1, 0.15) is 11.4 Å². The SMILES string of the molecule is Cc1ccc2c(NCC(C)C#N)cccc2c1Oc1ncccc1-c1ccnc(NC2CCCN(C(=O)OC(C)(C)C)C2)n1. The summed E-state index contributed by atoms with van der Waals surface area (Å²) in [4.78, 5) is 28.2. The molecule has 1 aliphatic heterocycles. The van der Waals surface area contributed by atoms with Gasteiger partial charge in [-0.25, -0.2) is 19.7 Å². The lowest BCUT2D eigenvalue weighted by molar-refractivity contribution is 0.0206.